The lowest BCUT2D eigenvalue weighted by Crippen LogP contribution is -2.22. The molecular formula is C13H9BrNO4S-. The number of hydrogen-bond donors (Lipinski definition) is 1. The number of benzene rings is 2. The predicted molar refractivity (Wildman–Crippen MR) is 75.7 cm³/mol. The van der Waals surface area contributed by atoms with E-state index in [9.17, 15) is 18.3 Å². The lowest BCUT2D eigenvalue weighted by atomic mass is 10.2. The van der Waals surface area contributed by atoms with E-state index in [2.05, 4.69) is 20.7 Å². The van der Waals surface area contributed by atoms with Crippen LogP contribution in [-0.4, -0.2) is 14.4 Å². The Morgan fingerprint density at radius 1 is 1.10 bits per heavy atom. The monoisotopic (exact) mass is 354 g/mol. The Balaban J connectivity index is 2.31. The first-order valence-corrected chi connectivity index (χ1v) is 7.76. The first-order chi connectivity index (χ1) is 9.38. The summed E-state index contributed by atoms with van der Waals surface area (Å²) in [5.74, 6) is -1.37. The van der Waals surface area contributed by atoms with Gasteiger partial charge >= 0.3 is 0 Å². The fraction of sp³-hybridized carbons (Fsp3) is 0. The molecule has 0 unspecified atom stereocenters. The number of carbonyl (C=O) groups is 1. The summed E-state index contributed by atoms with van der Waals surface area (Å²) < 4.78 is 27.3. The second kappa shape index (κ2) is 5.64. The number of sulfonamides is 1. The van der Waals surface area contributed by atoms with Crippen LogP contribution in [0.5, 0.6) is 0 Å². The number of halogens is 1. The smallest absolute Gasteiger partial charge is 0.261 e. The topological polar surface area (TPSA) is 86.3 Å². The van der Waals surface area contributed by atoms with Crippen molar-refractivity contribution in [3.63, 3.8) is 0 Å². The average molecular weight is 355 g/mol. The summed E-state index contributed by atoms with van der Waals surface area (Å²) in [5.41, 5.74) is 0.0654. The number of hydrogen-bond acceptors (Lipinski definition) is 4. The average Bonchev–Trinajstić information content (AvgIpc) is 2.39. The number of carbonyl (C=O) groups excluding carboxylic acids is 1. The van der Waals surface area contributed by atoms with Gasteiger partial charge in [0.05, 0.1) is 10.9 Å². The highest BCUT2D eigenvalue weighted by Gasteiger charge is 2.14. The Labute approximate surface area is 124 Å². The maximum atomic E-state index is 12.1. The van der Waals surface area contributed by atoms with Crippen molar-refractivity contribution in [2.75, 3.05) is 4.72 Å². The van der Waals surface area contributed by atoms with E-state index in [1.165, 1.54) is 36.4 Å². The third-order valence-corrected chi connectivity index (χ3v) is 4.40. The van der Waals surface area contributed by atoms with Gasteiger partial charge in [-0.3, -0.25) is 4.72 Å². The number of aromatic carboxylic acids is 1. The van der Waals surface area contributed by atoms with Gasteiger partial charge in [0.15, 0.2) is 0 Å². The van der Waals surface area contributed by atoms with Crippen LogP contribution >= 0.6 is 15.9 Å². The molecule has 0 amide bonds. The summed E-state index contributed by atoms with van der Waals surface area (Å²) in [6, 6.07) is 11.5. The van der Waals surface area contributed by atoms with Crippen LogP contribution in [0, 0.1) is 0 Å². The van der Waals surface area contributed by atoms with Gasteiger partial charge < -0.3 is 9.90 Å². The van der Waals surface area contributed by atoms with Crippen molar-refractivity contribution < 1.29 is 18.3 Å². The summed E-state index contributed by atoms with van der Waals surface area (Å²) in [6.45, 7) is 0. The van der Waals surface area contributed by atoms with Crippen molar-refractivity contribution >= 4 is 37.6 Å². The van der Waals surface area contributed by atoms with Gasteiger partial charge in [0, 0.05) is 10.2 Å². The number of rotatable bonds is 4. The third kappa shape index (κ3) is 3.37. The molecule has 0 aliphatic rings. The van der Waals surface area contributed by atoms with Crippen LogP contribution in [0.15, 0.2) is 57.9 Å². The molecule has 5 nitrogen and oxygen atoms in total. The van der Waals surface area contributed by atoms with E-state index >= 15 is 0 Å². The Morgan fingerprint density at radius 3 is 2.35 bits per heavy atom. The molecule has 0 spiro atoms. The SMILES string of the molecule is O=C([O-])c1cccc(NS(=O)(=O)c2ccc(Br)cc2)c1. The first-order valence-electron chi connectivity index (χ1n) is 5.48. The molecule has 7 heteroatoms. The van der Waals surface area contributed by atoms with E-state index < -0.39 is 16.0 Å². The van der Waals surface area contributed by atoms with Gasteiger partial charge in [-0.1, -0.05) is 28.1 Å². The molecule has 0 fully saturated rings. The van der Waals surface area contributed by atoms with Crippen LogP contribution in [0.1, 0.15) is 10.4 Å². The van der Waals surface area contributed by atoms with Gasteiger partial charge in [0.25, 0.3) is 10.0 Å². The molecule has 0 radical (unpaired) electrons. The van der Waals surface area contributed by atoms with E-state index in [1.54, 1.807) is 12.1 Å². The predicted octanol–water partition coefficient (Wildman–Crippen LogP) is 1.61. The second-order valence-corrected chi connectivity index (χ2v) is 6.53. The summed E-state index contributed by atoms with van der Waals surface area (Å²) in [4.78, 5) is 10.8. The van der Waals surface area contributed by atoms with E-state index in [0.29, 0.717) is 0 Å². The molecule has 0 aromatic heterocycles. The van der Waals surface area contributed by atoms with Crippen LogP contribution in [0.4, 0.5) is 5.69 Å². The minimum Gasteiger partial charge on any atom is -0.545 e. The van der Waals surface area contributed by atoms with Gasteiger partial charge in [-0.2, -0.15) is 0 Å². The van der Waals surface area contributed by atoms with Crippen LogP contribution in [0.25, 0.3) is 0 Å². The Kier molecular flexibility index (Phi) is 4.10. The molecule has 0 heterocycles. The number of carboxylic acids is 1. The van der Waals surface area contributed by atoms with Crippen molar-refractivity contribution in [1.82, 2.24) is 0 Å². The summed E-state index contributed by atoms with van der Waals surface area (Å²) >= 11 is 3.22. The van der Waals surface area contributed by atoms with E-state index in [1.807, 2.05) is 0 Å². The van der Waals surface area contributed by atoms with Crippen molar-refractivity contribution in [2.45, 2.75) is 4.90 Å². The molecule has 2 aromatic carbocycles. The molecule has 104 valence electrons. The number of carboxylic acid groups (broad SMARTS) is 1. The zero-order valence-electron chi connectivity index (χ0n) is 10.0. The Hall–Kier alpha value is -1.86. The molecule has 0 aliphatic heterocycles. The largest absolute Gasteiger partial charge is 0.545 e. The first kappa shape index (κ1) is 14.5. The number of anilines is 1. The van der Waals surface area contributed by atoms with Crippen molar-refractivity contribution in [3.8, 4) is 0 Å². The van der Waals surface area contributed by atoms with Gasteiger partial charge in [-0.05, 0) is 42.0 Å². The van der Waals surface area contributed by atoms with Crippen LogP contribution in [0.2, 0.25) is 0 Å². The normalized spacial score (nSPS) is 11.1. The van der Waals surface area contributed by atoms with Crippen molar-refractivity contribution in [2.24, 2.45) is 0 Å². The van der Waals surface area contributed by atoms with E-state index in [4.69, 9.17) is 0 Å². The highest BCUT2D eigenvalue weighted by Crippen LogP contribution is 2.19. The Morgan fingerprint density at radius 2 is 1.75 bits per heavy atom. The molecule has 0 saturated carbocycles. The molecular weight excluding hydrogens is 346 g/mol. The third-order valence-electron chi connectivity index (χ3n) is 2.47. The molecule has 0 bridgehead atoms. The number of nitrogens with one attached hydrogen (secondary N) is 1. The summed E-state index contributed by atoms with van der Waals surface area (Å²) in [5, 5.41) is 10.7. The quantitative estimate of drug-likeness (QED) is 0.903. The van der Waals surface area contributed by atoms with Gasteiger partial charge in [0.1, 0.15) is 0 Å². The summed E-state index contributed by atoms with van der Waals surface area (Å²) in [7, 11) is -3.76. The van der Waals surface area contributed by atoms with E-state index in [-0.39, 0.29) is 16.1 Å². The molecule has 1 N–H and O–H groups in total. The van der Waals surface area contributed by atoms with Crippen LogP contribution < -0.4 is 9.83 Å². The molecule has 0 atom stereocenters. The highest BCUT2D eigenvalue weighted by atomic mass is 79.9. The molecule has 2 aromatic rings. The van der Waals surface area contributed by atoms with Gasteiger partial charge in [-0.15, -0.1) is 0 Å². The fourth-order valence-electron chi connectivity index (χ4n) is 1.54. The lowest BCUT2D eigenvalue weighted by molar-refractivity contribution is -0.255. The van der Waals surface area contributed by atoms with Gasteiger partial charge in [-0.25, -0.2) is 8.42 Å². The summed E-state index contributed by atoms with van der Waals surface area (Å²) in [6.07, 6.45) is 0. The maximum Gasteiger partial charge on any atom is 0.261 e. The minimum absolute atomic E-state index is 0.0829. The fourth-order valence-corrected chi connectivity index (χ4v) is 2.85. The molecule has 20 heavy (non-hydrogen) atoms. The Bertz CT molecular complexity index is 741. The van der Waals surface area contributed by atoms with Gasteiger partial charge in [0.2, 0.25) is 0 Å². The molecule has 0 saturated heterocycles. The van der Waals surface area contributed by atoms with Crippen molar-refractivity contribution in [3.05, 3.63) is 58.6 Å². The standard InChI is InChI=1S/C13H10BrNO4S/c14-10-4-6-12(7-5-10)20(18,19)15-11-3-1-2-9(8-11)13(16)17/h1-8,15H,(H,16,17)/p-1. The zero-order chi connectivity index (χ0) is 14.8. The highest BCUT2D eigenvalue weighted by molar-refractivity contribution is 9.10. The van der Waals surface area contributed by atoms with E-state index in [0.717, 1.165) is 4.47 Å². The van der Waals surface area contributed by atoms with Crippen LogP contribution in [-0.2, 0) is 10.0 Å². The second-order valence-electron chi connectivity index (χ2n) is 3.93. The lowest BCUT2D eigenvalue weighted by Gasteiger charge is -2.10. The van der Waals surface area contributed by atoms with Crippen molar-refractivity contribution in [1.29, 1.82) is 0 Å². The zero-order valence-corrected chi connectivity index (χ0v) is 12.4. The van der Waals surface area contributed by atoms with Crippen LogP contribution in [0.3, 0.4) is 0 Å². The minimum atomic E-state index is -3.76. The molecule has 2 rings (SSSR count). The molecule has 0 aliphatic carbocycles. The maximum absolute atomic E-state index is 12.1.